The summed E-state index contributed by atoms with van der Waals surface area (Å²) in [6, 6.07) is 6.59. The Kier molecular flexibility index (Phi) is 4.68. The van der Waals surface area contributed by atoms with Crippen LogP contribution in [0, 0.1) is 0 Å². The van der Waals surface area contributed by atoms with Crippen molar-refractivity contribution in [2.24, 2.45) is 0 Å². The van der Waals surface area contributed by atoms with Crippen molar-refractivity contribution in [3.05, 3.63) is 47.4 Å². The summed E-state index contributed by atoms with van der Waals surface area (Å²) in [7, 11) is 0. The van der Waals surface area contributed by atoms with Crippen LogP contribution in [0.5, 0.6) is 0 Å². The highest BCUT2D eigenvalue weighted by Crippen LogP contribution is 2.14. The van der Waals surface area contributed by atoms with Gasteiger partial charge in [0.1, 0.15) is 0 Å². The molecular weight excluding hydrogens is 296 g/mol. The smallest absolute Gasteiger partial charge is 0.361 e. The minimum Gasteiger partial charge on any atom is -0.451 e. The van der Waals surface area contributed by atoms with Crippen molar-refractivity contribution in [2.45, 2.75) is 0 Å². The van der Waals surface area contributed by atoms with Gasteiger partial charge in [0.2, 0.25) is 0 Å². The Morgan fingerprint density at radius 3 is 2.76 bits per heavy atom. The number of nitrogens with one attached hydrogen (secondary N) is 1. The number of esters is 1. The van der Waals surface area contributed by atoms with Crippen LogP contribution in [0.1, 0.15) is 10.5 Å². The zero-order valence-electron chi connectivity index (χ0n) is 10.7. The molecule has 0 radical (unpaired) electrons. The van der Waals surface area contributed by atoms with Gasteiger partial charge in [0.05, 0.1) is 0 Å². The van der Waals surface area contributed by atoms with E-state index < -0.39 is 18.5 Å². The zero-order valence-corrected chi connectivity index (χ0v) is 11.5. The molecule has 2 aromatic rings. The quantitative estimate of drug-likeness (QED) is 0.829. The molecule has 0 fully saturated rings. The van der Waals surface area contributed by atoms with E-state index in [2.05, 4.69) is 15.3 Å². The number of halogens is 1. The third kappa shape index (κ3) is 4.15. The van der Waals surface area contributed by atoms with Gasteiger partial charge in [-0.05, 0) is 18.2 Å². The highest BCUT2D eigenvalue weighted by atomic mass is 35.5. The molecule has 2 rings (SSSR count). The Labute approximate surface area is 125 Å². The lowest BCUT2D eigenvalue weighted by Gasteiger charge is -2.07. The fraction of sp³-hybridized carbons (Fsp3) is 0.0769. The summed E-state index contributed by atoms with van der Waals surface area (Å²) in [5.41, 5.74) is 5.85. The summed E-state index contributed by atoms with van der Waals surface area (Å²) < 4.78 is 4.81. The molecule has 3 N–H and O–H groups in total. The average molecular weight is 307 g/mol. The van der Waals surface area contributed by atoms with Crippen LogP contribution < -0.4 is 11.1 Å². The van der Waals surface area contributed by atoms with Gasteiger partial charge in [-0.15, -0.1) is 0 Å². The molecule has 0 aliphatic carbocycles. The second-order valence-electron chi connectivity index (χ2n) is 3.92. The van der Waals surface area contributed by atoms with E-state index in [4.69, 9.17) is 22.1 Å². The molecular formula is C13H11ClN4O3. The second kappa shape index (κ2) is 6.67. The van der Waals surface area contributed by atoms with Gasteiger partial charge in [0, 0.05) is 23.1 Å². The molecule has 1 aromatic carbocycles. The fourth-order valence-electron chi connectivity index (χ4n) is 1.47. The van der Waals surface area contributed by atoms with Crippen LogP contribution in [0.25, 0.3) is 0 Å². The van der Waals surface area contributed by atoms with Crippen molar-refractivity contribution >= 4 is 35.0 Å². The summed E-state index contributed by atoms with van der Waals surface area (Å²) in [5.74, 6) is -1.38. The molecule has 1 amide bonds. The highest BCUT2D eigenvalue weighted by Gasteiger charge is 2.15. The van der Waals surface area contributed by atoms with Crippen LogP contribution in [0.15, 0.2) is 36.7 Å². The van der Waals surface area contributed by atoms with Gasteiger partial charge in [0.25, 0.3) is 5.91 Å². The number of rotatable bonds is 4. The molecule has 1 heterocycles. The van der Waals surface area contributed by atoms with Crippen LogP contribution in [0.4, 0.5) is 11.5 Å². The summed E-state index contributed by atoms with van der Waals surface area (Å²) in [6.07, 6.45) is 2.65. The number of amides is 1. The topological polar surface area (TPSA) is 107 Å². The molecule has 108 valence electrons. The molecule has 0 aliphatic heterocycles. The Morgan fingerprint density at radius 2 is 2.05 bits per heavy atom. The first-order valence-corrected chi connectivity index (χ1v) is 6.23. The van der Waals surface area contributed by atoms with Crippen molar-refractivity contribution in [3.8, 4) is 0 Å². The maximum Gasteiger partial charge on any atom is 0.361 e. The number of carbonyl (C=O) groups is 2. The van der Waals surface area contributed by atoms with Crippen LogP contribution in [0.2, 0.25) is 5.02 Å². The fourth-order valence-corrected chi connectivity index (χ4v) is 1.66. The zero-order chi connectivity index (χ0) is 15.2. The van der Waals surface area contributed by atoms with Crippen molar-refractivity contribution in [1.82, 2.24) is 9.97 Å². The van der Waals surface area contributed by atoms with Gasteiger partial charge in [-0.3, -0.25) is 4.79 Å². The van der Waals surface area contributed by atoms with E-state index in [0.717, 1.165) is 0 Å². The van der Waals surface area contributed by atoms with E-state index in [1.165, 1.54) is 12.4 Å². The summed E-state index contributed by atoms with van der Waals surface area (Å²) >= 11 is 5.79. The van der Waals surface area contributed by atoms with E-state index in [9.17, 15) is 9.59 Å². The SMILES string of the molecule is Nc1nccnc1C(=O)OCC(=O)Nc1cccc(Cl)c1. The minimum absolute atomic E-state index is 0.0576. The third-order valence-corrected chi connectivity index (χ3v) is 2.60. The van der Waals surface area contributed by atoms with Crippen LogP contribution in [-0.4, -0.2) is 28.5 Å². The van der Waals surface area contributed by atoms with Gasteiger partial charge >= 0.3 is 5.97 Å². The molecule has 0 saturated heterocycles. The number of nitrogens with zero attached hydrogens (tertiary/aromatic N) is 2. The monoisotopic (exact) mass is 306 g/mol. The molecule has 0 bridgehead atoms. The van der Waals surface area contributed by atoms with Crippen LogP contribution >= 0.6 is 11.6 Å². The van der Waals surface area contributed by atoms with Crippen molar-refractivity contribution in [2.75, 3.05) is 17.7 Å². The van der Waals surface area contributed by atoms with E-state index in [-0.39, 0.29) is 11.5 Å². The maximum absolute atomic E-state index is 11.7. The Morgan fingerprint density at radius 1 is 1.29 bits per heavy atom. The second-order valence-corrected chi connectivity index (χ2v) is 4.36. The van der Waals surface area contributed by atoms with Crippen LogP contribution in [-0.2, 0) is 9.53 Å². The van der Waals surface area contributed by atoms with Crippen molar-refractivity contribution in [1.29, 1.82) is 0 Å². The summed E-state index contributed by atoms with van der Waals surface area (Å²) in [6.45, 7) is -0.471. The number of nitrogens with two attached hydrogens (primary N) is 1. The van der Waals surface area contributed by atoms with Crippen molar-refractivity contribution < 1.29 is 14.3 Å². The first kappa shape index (κ1) is 14.7. The lowest BCUT2D eigenvalue weighted by Crippen LogP contribution is -2.22. The highest BCUT2D eigenvalue weighted by molar-refractivity contribution is 6.30. The van der Waals surface area contributed by atoms with E-state index >= 15 is 0 Å². The van der Waals surface area contributed by atoms with Crippen LogP contribution in [0.3, 0.4) is 0 Å². The maximum atomic E-state index is 11.7. The number of aromatic nitrogens is 2. The van der Waals surface area contributed by atoms with E-state index in [1.54, 1.807) is 24.3 Å². The van der Waals surface area contributed by atoms with Crippen molar-refractivity contribution in [3.63, 3.8) is 0 Å². The number of hydrogen-bond donors (Lipinski definition) is 2. The molecule has 7 nitrogen and oxygen atoms in total. The number of hydrogen-bond acceptors (Lipinski definition) is 6. The Bertz CT molecular complexity index is 678. The average Bonchev–Trinajstić information content (AvgIpc) is 2.45. The molecule has 0 unspecified atom stereocenters. The van der Waals surface area contributed by atoms with Gasteiger partial charge in [0.15, 0.2) is 18.1 Å². The molecule has 21 heavy (non-hydrogen) atoms. The Hall–Kier alpha value is -2.67. The van der Waals surface area contributed by atoms with Gasteiger partial charge < -0.3 is 15.8 Å². The largest absolute Gasteiger partial charge is 0.451 e. The normalized spacial score (nSPS) is 9.95. The predicted molar refractivity (Wildman–Crippen MR) is 76.8 cm³/mol. The standard InChI is InChI=1S/C13H11ClN4O3/c14-8-2-1-3-9(6-8)18-10(19)7-21-13(20)11-12(15)17-5-4-16-11/h1-6H,7H2,(H2,15,17)(H,18,19). The molecule has 0 saturated carbocycles. The lowest BCUT2D eigenvalue weighted by molar-refractivity contribution is -0.119. The molecule has 0 spiro atoms. The molecule has 0 atom stereocenters. The number of ether oxygens (including phenoxy) is 1. The number of carbonyl (C=O) groups excluding carboxylic acids is 2. The third-order valence-electron chi connectivity index (χ3n) is 2.36. The van der Waals surface area contributed by atoms with Gasteiger partial charge in [-0.1, -0.05) is 17.7 Å². The van der Waals surface area contributed by atoms with Gasteiger partial charge in [-0.25, -0.2) is 14.8 Å². The lowest BCUT2D eigenvalue weighted by atomic mass is 10.3. The Balaban J connectivity index is 1.90. The molecule has 0 aliphatic rings. The number of nitrogen functional groups attached to an aromatic ring is 1. The summed E-state index contributed by atoms with van der Waals surface area (Å²) in [5, 5.41) is 3.02. The number of benzene rings is 1. The minimum atomic E-state index is -0.818. The van der Waals surface area contributed by atoms with E-state index in [1.807, 2.05) is 0 Å². The van der Waals surface area contributed by atoms with Gasteiger partial charge in [-0.2, -0.15) is 0 Å². The predicted octanol–water partition coefficient (Wildman–Crippen LogP) is 1.51. The van der Waals surface area contributed by atoms with E-state index in [0.29, 0.717) is 10.7 Å². The first-order valence-electron chi connectivity index (χ1n) is 5.85. The molecule has 8 heteroatoms. The summed E-state index contributed by atoms with van der Waals surface area (Å²) in [4.78, 5) is 30.8. The first-order chi connectivity index (χ1) is 10.1. The molecule has 1 aromatic heterocycles. The number of anilines is 2.